The fourth-order valence-electron chi connectivity index (χ4n) is 3.25. The minimum Gasteiger partial charge on any atom is -0.475 e. The largest absolute Gasteiger partial charge is 0.490 e. The van der Waals surface area contributed by atoms with E-state index in [2.05, 4.69) is 0 Å². The maximum absolute atomic E-state index is 12.6. The molecule has 1 aliphatic heterocycles. The van der Waals surface area contributed by atoms with E-state index in [9.17, 15) is 28.1 Å². The van der Waals surface area contributed by atoms with Crippen LogP contribution in [0.15, 0.2) is 48.5 Å². The van der Waals surface area contributed by atoms with Gasteiger partial charge in [-0.25, -0.2) is 4.79 Å². The highest BCUT2D eigenvalue weighted by Crippen LogP contribution is 2.28. The van der Waals surface area contributed by atoms with Crippen molar-refractivity contribution in [3.05, 3.63) is 69.2 Å². The number of aliphatic carboxylic acids is 1. The highest BCUT2D eigenvalue weighted by atomic mass is 35.5. The first-order chi connectivity index (χ1) is 15.9. The highest BCUT2D eigenvalue weighted by molar-refractivity contribution is 6.30. The number of carbonyl (C=O) groups is 2. The molecule has 0 aliphatic carbocycles. The van der Waals surface area contributed by atoms with Gasteiger partial charge >= 0.3 is 12.1 Å². The zero-order valence-corrected chi connectivity index (χ0v) is 18.5. The van der Waals surface area contributed by atoms with Crippen LogP contribution in [-0.2, 0) is 16.0 Å². The Morgan fingerprint density at radius 3 is 2.12 bits per heavy atom. The molecular weight excluding hydrogens is 481 g/mol. The number of anilines is 1. The first kappa shape index (κ1) is 26.9. The summed E-state index contributed by atoms with van der Waals surface area (Å²) in [6.07, 6.45) is -4.64. The Morgan fingerprint density at radius 1 is 1.09 bits per heavy atom. The van der Waals surface area contributed by atoms with E-state index < -0.39 is 18.2 Å². The molecule has 0 aromatic heterocycles. The van der Waals surface area contributed by atoms with Gasteiger partial charge in [0.05, 0.1) is 11.0 Å². The number of halogens is 4. The number of piperazine rings is 1. The van der Waals surface area contributed by atoms with E-state index in [1.807, 2.05) is 17.0 Å². The minimum absolute atomic E-state index is 0.0803. The molecule has 3 rings (SSSR count). The number of hydrogen-bond donors (Lipinski definition) is 2. The second-order valence-corrected chi connectivity index (χ2v) is 7.73. The van der Waals surface area contributed by atoms with E-state index in [0.717, 1.165) is 5.56 Å². The Morgan fingerprint density at radius 2 is 1.62 bits per heavy atom. The van der Waals surface area contributed by atoms with Crippen LogP contribution in [0.4, 0.5) is 24.5 Å². The Kier molecular flexibility index (Phi) is 9.21. The lowest BCUT2D eigenvalue weighted by Crippen LogP contribution is -2.53. The Labute approximate surface area is 197 Å². The molecule has 9 nitrogen and oxygen atoms in total. The number of nitro benzene ring substituents is 1. The van der Waals surface area contributed by atoms with E-state index >= 15 is 0 Å². The second-order valence-electron chi connectivity index (χ2n) is 7.30. The number of para-hydroxylation sites is 2. The molecule has 1 saturated heterocycles. The van der Waals surface area contributed by atoms with E-state index in [4.69, 9.17) is 27.2 Å². The molecule has 0 radical (unpaired) electrons. The van der Waals surface area contributed by atoms with Gasteiger partial charge in [0, 0.05) is 37.3 Å². The van der Waals surface area contributed by atoms with Crippen molar-refractivity contribution in [1.29, 1.82) is 0 Å². The summed E-state index contributed by atoms with van der Waals surface area (Å²) < 4.78 is 31.7. The van der Waals surface area contributed by atoms with Crippen molar-refractivity contribution in [3.63, 3.8) is 0 Å². The van der Waals surface area contributed by atoms with Crippen molar-refractivity contribution in [3.8, 4) is 0 Å². The number of carboxylic acid groups (broad SMARTS) is 1. The molecule has 184 valence electrons. The number of nitro groups is 1. The summed E-state index contributed by atoms with van der Waals surface area (Å²) in [5, 5.41) is 19.0. The fourth-order valence-corrected chi connectivity index (χ4v) is 3.38. The number of carboxylic acids is 1. The molecule has 1 heterocycles. The Hall–Kier alpha value is -3.38. The number of nitrogens with zero attached hydrogens (tertiary/aromatic N) is 3. The number of benzene rings is 2. The minimum atomic E-state index is -5.08. The third kappa shape index (κ3) is 7.59. The quantitative estimate of drug-likeness (QED) is 0.474. The van der Waals surface area contributed by atoms with Crippen LogP contribution < -0.4 is 10.6 Å². The van der Waals surface area contributed by atoms with Gasteiger partial charge in [0.15, 0.2) is 0 Å². The molecule has 1 atom stereocenters. The van der Waals surface area contributed by atoms with Gasteiger partial charge in [-0.3, -0.25) is 14.9 Å². The van der Waals surface area contributed by atoms with Crippen LogP contribution in [0.1, 0.15) is 5.56 Å². The lowest BCUT2D eigenvalue weighted by Gasteiger charge is -2.36. The number of nitrogens with two attached hydrogens (primary N) is 1. The van der Waals surface area contributed by atoms with Gasteiger partial charge in [0.25, 0.3) is 5.69 Å². The van der Waals surface area contributed by atoms with Gasteiger partial charge in [-0.1, -0.05) is 35.9 Å². The number of rotatable bonds is 5. The molecule has 2 aromatic carbocycles. The maximum atomic E-state index is 12.6. The number of hydrogen-bond acceptors (Lipinski definition) is 6. The van der Waals surface area contributed by atoms with Crippen molar-refractivity contribution in [1.82, 2.24) is 4.90 Å². The smallest absolute Gasteiger partial charge is 0.475 e. The standard InChI is InChI=1S/C19H21ClN4O3.C2HF3O2/c20-15-7-5-14(6-8-15)13-16(21)19(25)23-11-9-22(10-12-23)17-3-1-2-4-18(17)24(26)27;3-2(4,5)1(6)7/h1-8,16H,9-13,21H2;(H,6,7)/t16-;/m1./s1. The summed E-state index contributed by atoms with van der Waals surface area (Å²) >= 11 is 5.87. The van der Waals surface area contributed by atoms with Gasteiger partial charge in [0.1, 0.15) is 5.69 Å². The molecular formula is C21H22ClF3N4O5. The van der Waals surface area contributed by atoms with Crippen molar-refractivity contribution < 1.29 is 32.8 Å². The zero-order valence-electron chi connectivity index (χ0n) is 17.7. The van der Waals surface area contributed by atoms with E-state index in [-0.39, 0.29) is 16.5 Å². The van der Waals surface area contributed by atoms with Crippen LogP contribution in [0.25, 0.3) is 0 Å². The molecule has 1 fully saturated rings. The van der Waals surface area contributed by atoms with E-state index in [1.165, 1.54) is 6.07 Å². The lowest BCUT2D eigenvalue weighted by molar-refractivity contribution is -0.384. The molecule has 0 spiro atoms. The van der Waals surface area contributed by atoms with Crippen LogP contribution in [0.2, 0.25) is 5.02 Å². The monoisotopic (exact) mass is 502 g/mol. The van der Waals surface area contributed by atoms with Gasteiger partial charge < -0.3 is 20.6 Å². The average Bonchev–Trinajstić information content (AvgIpc) is 2.80. The van der Waals surface area contributed by atoms with Crippen LogP contribution >= 0.6 is 11.6 Å². The average molecular weight is 503 g/mol. The fraction of sp³-hybridized carbons (Fsp3) is 0.333. The van der Waals surface area contributed by atoms with Crippen molar-refractivity contribution >= 4 is 34.9 Å². The molecule has 3 N–H and O–H groups in total. The second kappa shape index (κ2) is 11.7. The predicted molar refractivity (Wildman–Crippen MR) is 119 cm³/mol. The molecule has 13 heteroatoms. The molecule has 2 aromatic rings. The Balaban J connectivity index is 0.000000509. The number of amides is 1. The summed E-state index contributed by atoms with van der Waals surface area (Å²) in [5.74, 6) is -2.86. The number of carbonyl (C=O) groups excluding carboxylic acids is 1. The SMILES string of the molecule is N[C@H](Cc1ccc(Cl)cc1)C(=O)N1CCN(c2ccccc2[N+](=O)[O-])CC1.O=C(O)C(F)(F)F. The molecule has 0 saturated carbocycles. The third-order valence-electron chi connectivity index (χ3n) is 4.94. The van der Waals surface area contributed by atoms with Gasteiger partial charge in [0.2, 0.25) is 5.91 Å². The van der Waals surface area contributed by atoms with Gasteiger partial charge in [-0.15, -0.1) is 0 Å². The molecule has 34 heavy (non-hydrogen) atoms. The lowest BCUT2D eigenvalue weighted by atomic mass is 10.1. The normalized spacial score (nSPS) is 14.6. The first-order valence-electron chi connectivity index (χ1n) is 9.97. The van der Waals surface area contributed by atoms with Crippen LogP contribution in [0, 0.1) is 10.1 Å². The van der Waals surface area contributed by atoms with E-state index in [1.54, 1.807) is 35.2 Å². The predicted octanol–water partition coefficient (Wildman–Crippen LogP) is 3.10. The van der Waals surface area contributed by atoms with Gasteiger partial charge in [-0.05, 0) is 30.2 Å². The summed E-state index contributed by atoms with van der Waals surface area (Å²) in [6, 6.07) is 13.3. The van der Waals surface area contributed by atoms with Crippen LogP contribution in [0.3, 0.4) is 0 Å². The zero-order chi connectivity index (χ0) is 25.5. The third-order valence-corrected chi connectivity index (χ3v) is 5.19. The summed E-state index contributed by atoms with van der Waals surface area (Å²) in [6.45, 7) is 2.03. The molecule has 0 bridgehead atoms. The number of alkyl halides is 3. The highest BCUT2D eigenvalue weighted by Gasteiger charge is 2.38. The van der Waals surface area contributed by atoms with Crippen molar-refractivity contribution in [2.75, 3.05) is 31.1 Å². The first-order valence-corrected chi connectivity index (χ1v) is 10.3. The maximum Gasteiger partial charge on any atom is 0.490 e. The van der Waals surface area contributed by atoms with Gasteiger partial charge in [-0.2, -0.15) is 13.2 Å². The Bertz CT molecular complexity index is 1010. The van der Waals surface area contributed by atoms with Crippen molar-refractivity contribution in [2.24, 2.45) is 5.73 Å². The summed E-state index contributed by atoms with van der Waals surface area (Å²) in [4.78, 5) is 36.0. The van der Waals surface area contributed by atoms with Crippen LogP contribution in [-0.4, -0.2) is 65.2 Å². The molecule has 1 amide bonds. The van der Waals surface area contributed by atoms with E-state index in [0.29, 0.717) is 43.3 Å². The molecule has 0 unspecified atom stereocenters. The summed E-state index contributed by atoms with van der Waals surface area (Å²) in [5.41, 5.74) is 7.72. The van der Waals surface area contributed by atoms with Crippen molar-refractivity contribution in [2.45, 2.75) is 18.6 Å². The molecule has 1 aliphatic rings. The topological polar surface area (TPSA) is 130 Å². The summed E-state index contributed by atoms with van der Waals surface area (Å²) in [7, 11) is 0. The van der Waals surface area contributed by atoms with Crippen LogP contribution in [0.5, 0.6) is 0 Å².